The summed E-state index contributed by atoms with van der Waals surface area (Å²) in [7, 11) is 0. The molecule has 4 rings (SSSR count). The maximum Gasteiger partial charge on any atom is 0.201 e. The maximum atomic E-state index is 13.1. The van der Waals surface area contributed by atoms with Crippen LogP contribution in [0, 0.1) is 19.7 Å². The van der Waals surface area contributed by atoms with Crippen LogP contribution in [-0.4, -0.2) is 50.5 Å². The number of aromatic nitrogens is 5. The summed E-state index contributed by atoms with van der Waals surface area (Å²) in [5.41, 5.74) is 3.96. The number of piperazine rings is 1. The van der Waals surface area contributed by atoms with Crippen LogP contribution in [0.3, 0.4) is 0 Å². The number of halogens is 1. The predicted molar refractivity (Wildman–Crippen MR) is 93.5 cm³/mol. The molecule has 3 aromatic rings. The smallest absolute Gasteiger partial charge is 0.201 e. The molecule has 8 heteroatoms. The molecule has 0 N–H and O–H groups in total. The summed E-state index contributed by atoms with van der Waals surface area (Å²) in [5.74, 6) is 0.496. The average molecular weight is 341 g/mol. The topological polar surface area (TPSA) is 62.5 Å². The largest absolute Gasteiger partial charge is 0.364 e. The Morgan fingerprint density at radius 3 is 2.76 bits per heavy atom. The van der Waals surface area contributed by atoms with E-state index in [1.165, 1.54) is 12.3 Å². The minimum atomic E-state index is -0.313. The molecule has 0 aliphatic carbocycles. The first-order valence-electron chi connectivity index (χ1n) is 8.35. The van der Waals surface area contributed by atoms with Crippen molar-refractivity contribution in [3.8, 4) is 0 Å². The monoisotopic (exact) mass is 341 g/mol. The molecule has 4 heterocycles. The fraction of sp³-hybridized carbons (Fsp3) is 0.412. The molecule has 1 atom stereocenters. The molecule has 0 spiro atoms. The number of hydrogen-bond acceptors (Lipinski definition) is 6. The molecule has 1 fully saturated rings. The van der Waals surface area contributed by atoms with Crippen molar-refractivity contribution in [1.29, 1.82) is 0 Å². The van der Waals surface area contributed by atoms with Crippen molar-refractivity contribution in [3.05, 3.63) is 41.7 Å². The number of pyridine rings is 1. The molecule has 0 radical (unpaired) electrons. The highest BCUT2D eigenvalue weighted by atomic mass is 19.1. The second-order valence-corrected chi connectivity index (χ2v) is 6.48. The van der Waals surface area contributed by atoms with Crippen molar-refractivity contribution in [1.82, 2.24) is 24.8 Å². The molecule has 7 nitrogen and oxygen atoms in total. The van der Waals surface area contributed by atoms with Crippen LogP contribution in [0.4, 0.5) is 15.9 Å². The van der Waals surface area contributed by atoms with E-state index >= 15 is 0 Å². The number of fused-ring (bicyclic) bond motifs is 1. The summed E-state index contributed by atoms with van der Waals surface area (Å²) in [6, 6.07) is 3.43. The number of aryl methyl sites for hydroxylation is 1. The lowest BCUT2D eigenvalue weighted by Crippen LogP contribution is -2.52. The van der Waals surface area contributed by atoms with Crippen molar-refractivity contribution in [2.45, 2.75) is 26.8 Å². The van der Waals surface area contributed by atoms with Crippen LogP contribution in [0.25, 0.3) is 5.65 Å². The fourth-order valence-electron chi connectivity index (χ4n) is 3.45. The zero-order valence-electron chi connectivity index (χ0n) is 14.5. The second kappa shape index (κ2) is 5.94. The van der Waals surface area contributed by atoms with Gasteiger partial charge in [0.1, 0.15) is 18.0 Å². The molecule has 0 aromatic carbocycles. The molecular formula is C17H20FN7. The van der Waals surface area contributed by atoms with E-state index in [1.54, 1.807) is 16.9 Å². The highest BCUT2D eigenvalue weighted by Crippen LogP contribution is 2.29. The van der Waals surface area contributed by atoms with Crippen LogP contribution >= 0.6 is 0 Å². The Morgan fingerprint density at radius 2 is 2.04 bits per heavy atom. The van der Waals surface area contributed by atoms with Crippen molar-refractivity contribution in [2.24, 2.45) is 0 Å². The lowest BCUT2D eigenvalue weighted by molar-refractivity contribution is 0.543. The summed E-state index contributed by atoms with van der Waals surface area (Å²) < 4.78 is 14.9. The minimum Gasteiger partial charge on any atom is -0.364 e. The Balaban J connectivity index is 1.64. The SMILES string of the molecule is Cc1nn2cnnc2c(N2CCN(c3ccc(F)cn3)C(C)C2)c1C. The van der Waals surface area contributed by atoms with E-state index < -0.39 is 0 Å². The first-order valence-corrected chi connectivity index (χ1v) is 8.35. The van der Waals surface area contributed by atoms with E-state index in [-0.39, 0.29) is 11.9 Å². The Hall–Kier alpha value is -2.77. The van der Waals surface area contributed by atoms with E-state index in [2.05, 4.69) is 43.9 Å². The third kappa shape index (κ3) is 2.67. The number of nitrogens with zero attached hydrogens (tertiary/aromatic N) is 7. The normalized spacial score (nSPS) is 18.2. The number of anilines is 2. The van der Waals surface area contributed by atoms with Gasteiger partial charge in [0.2, 0.25) is 5.65 Å². The van der Waals surface area contributed by atoms with E-state index in [0.29, 0.717) is 0 Å². The molecule has 1 aliphatic rings. The molecule has 1 saturated heterocycles. The van der Waals surface area contributed by atoms with Crippen LogP contribution < -0.4 is 9.80 Å². The summed E-state index contributed by atoms with van der Waals surface area (Å²) >= 11 is 0. The third-order valence-corrected chi connectivity index (χ3v) is 4.85. The molecule has 130 valence electrons. The van der Waals surface area contributed by atoms with Gasteiger partial charge in [-0.05, 0) is 38.5 Å². The van der Waals surface area contributed by atoms with E-state index in [4.69, 9.17) is 0 Å². The van der Waals surface area contributed by atoms with Crippen LogP contribution in [0.5, 0.6) is 0 Å². The van der Waals surface area contributed by atoms with Crippen molar-refractivity contribution < 1.29 is 4.39 Å². The third-order valence-electron chi connectivity index (χ3n) is 4.85. The van der Waals surface area contributed by atoms with Gasteiger partial charge >= 0.3 is 0 Å². The van der Waals surface area contributed by atoms with Gasteiger partial charge in [0.15, 0.2) is 0 Å². The van der Waals surface area contributed by atoms with Crippen LogP contribution in [0.15, 0.2) is 24.7 Å². The van der Waals surface area contributed by atoms with Crippen molar-refractivity contribution in [3.63, 3.8) is 0 Å². The predicted octanol–water partition coefficient (Wildman–Crippen LogP) is 1.99. The lowest BCUT2D eigenvalue weighted by Gasteiger charge is -2.42. The van der Waals surface area contributed by atoms with Gasteiger partial charge in [-0.1, -0.05) is 0 Å². The number of hydrogen-bond donors (Lipinski definition) is 0. The Labute approximate surface area is 145 Å². The number of rotatable bonds is 2. The zero-order chi connectivity index (χ0) is 17.6. The quantitative estimate of drug-likeness (QED) is 0.710. The molecule has 0 saturated carbocycles. The van der Waals surface area contributed by atoms with E-state index in [9.17, 15) is 4.39 Å². The van der Waals surface area contributed by atoms with Gasteiger partial charge in [0.05, 0.1) is 17.6 Å². The van der Waals surface area contributed by atoms with Crippen LogP contribution in [0.2, 0.25) is 0 Å². The first kappa shape index (κ1) is 15.7. The van der Waals surface area contributed by atoms with Crippen molar-refractivity contribution >= 4 is 17.2 Å². The van der Waals surface area contributed by atoms with E-state index in [0.717, 1.165) is 48.0 Å². The van der Waals surface area contributed by atoms with Gasteiger partial charge in [-0.3, -0.25) is 0 Å². The molecule has 1 unspecified atom stereocenters. The lowest BCUT2D eigenvalue weighted by atomic mass is 10.1. The van der Waals surface area contributed by atoms with Gasteiger partial charge in [0, 0.05) is 25.7 Å². The van der Waals surface area contributed by atoms with Crippen LogP contribution in [0.1, 0.15) is 18.2 Å². The highest BCUT2D eigenvalue weighted by molar-refractivity contribution is 5.73. The summed E-state index contributed by atoms with van der Waals surface area (Å²) in [6.07, 6.45) is 2.90. The molecule has 1 aliphatic heterocycles. The standard InChI is InChI=1S/C17H20FN7/c1-11-9-23(6-7-24(11)15-5-4-14(18)8-19-15)16-12(2)13(3)22-25-10-20-21-17(16)25/h4-5,8,10-11H,6-7,9H2,1-3H3. The molecular weight excluding hydrogens is 321 g/mol. The Bertz CT molecular complexity index is 905. The second-order valence-electron chi connectivity index (χ2n) is 6.48. The Kier molecular flexibility index (Phi) is 3.74. The molecule has 3 aromatic heterocycles. The van der Waals surface area contributed by atoms with Crippen molar-refractivity contribution in [2.75, 3.05) is 29.4 Å². The molecule has 0 amide bonds. The van der Waals surface area contributed by atoms with Gasteiger partial charge < -0.3 is 9.80 Å². The summed E-state index contributed by atoms with van der Waals surface area (Å²) in [4.78, 5) is 8.76. The maximum absolute atomic E-state index is 13.1. The van der Waals surface area contributed by atoms with Gasteiger partial charge in [-0.25, -0.2) is 9.37 Å². The van der Waals surface area contributed by atoms with Gasteiger partial charge in [-0.15, -0.1) is 10.2 Å². The summed E-state index contributed by atoms with van der Waals surface area (Å²) in [5, 5.41) is 12.7. The Morgan fingerprint density at radius 1 is 1.20 bits per heavy atom. The highest BCUT2D eigenvalue weighted by Gasteiger charge is 2.28. The fourth-order valence-corrected chi connectivity index (χ4v) is 3.45. The minimum absolute atomic E-state index is 0.238. The van der Waals surface area contributed by atoms with E-state index in [1.807, 2.05) is 6.92 Å². The molecule has 25 heavy (non-hydrogen) atoms. The average Bonchev–Trinajstić information content (AvgIpc) is 3.04. The summed E-state index contributed by atoms with van der Waals surface area (Å²) in [6.45, 7) is 8.69. The first-order chi connectivity index (χ1) is 12.0. The zero-order valence-corrected chi connectivity index (χ0v) is 14.5. The van der Waals surface area contributed by atoms with Crippen LogP contribution in [-0.2, 0) is 0 Å². The molecule has 0 bridgehead atoms. The van der Waals surface area contributed by atoms with Gasteiger partial charge in [0.25, 0.3) is 0 Å². The van der Waals surface area contributed by atoms with Gasteiger partial charge in [-0.2, -0.15) is 9.61 Å².